The van der Waals surface area contributed by atoms with Gasteiger partial charge in [0.15, 0.2) is 0 Å². The Morgan fingerprint density at radius 3 is 3.10 bits per heavy atom. The van der Waals surface area contributed by atoms with E-state index in [4.69, 9.17) is 4.42 Å². The highest BCUT2D eigenvalue weighted by Gasteiger charge is 1.93. The first-order chi connectivity index (χ1) is 4.86. The molecule has 2 aromatic rings. The van der Waals surface area contributed by atoms with E-state index < -0.39 is 0 Å². The quantitative estimate of drug-likeness (QED) is 0.588. The molecule has 1 N–H and O–H groups in total. The summed E-state index contributed by atoms with van der Waals surface area (Å²) in [5.74, 6) is 0. The number of rotatable bonds is 0. The van der Waals surface area contributed by atoms with Gasteiger partial charge in [-0.05, 0) is 6.07 Å². The van der Waals surface area contributed by atoms with E-state index in [0.29, 0.717) is 5.58 Å². The van der Waals surface area contributed by atoms with E-state index >= 15 is 0 Å². The van der Waals surface area contributed by atoms with Crippen molar-refractivity contribution >= 4 is 11.1 Å². The molecule has 0 fully saturated rings. The van der Waals surface area contributed by atoms with Gasteiger partial charge in [0.1, 0.15) is 5.58 Å². The predicted octanol–water partition coefficient (Wildman–Crippen LogP) is 1.12. The molecule has 0 spiro atoms. The van der Waals surface area contributed by atoms with Crippen molar-refractivity contribution in [1.29, 1.82) is 0 Å². The molecule has 0 saturated heterocycles. The van der Waals surface area contributed by atoms with Gasteiger partial charge in [-0.2, -0.15) is 0 Å². The third-order valence-corrected chi connectivity index (χ3v) is 1.34. The number of fused-ring (bicyclic) bond motifs is 1. The van der Waals surface area contributed by atoms with Crippen LogP contribution in [0.25, 0.3) is 11.1 Å². The minimum atomic E-state index is -0.103. The SMILES string of the molecule is O=c1ccc2occc2[nH]1. The summed E-state index contributed by atoms with van der Waals surface area (Å²) in [6, 6.07) is 4.80. The first-order valence-electron chi connectivity index (χ1n) is 2.93. The van der Waals surface area contributed by atoms with Gasteiger partial charge < -0.3 is 9.40 Å². The Morgan fingerprint density at radius 2 is 2.20 bits per heavy atom. The van der Waals surface area contributed by atoms with Crippen LogP contribution in [0.15, 0.2) is 33.7 Å². The number of aromatic nitrogens is 1. The minimum absolute atomic E-state index is 0.103. The first-order valence-corrected chi connectivity index (χ1v) is 2.93. The summed E-state index contributed by atoms with van der Waals surface area (Å²) in [6.45, 7) is 0. The summed E-state index contributed by atoms with van der Waals surface area (Å²) in [5.41, 5.74) is 1.35. The second-order valence-electron chi connectivity index (χ2n) is 2.02. The smallest absolute Gasteiger partial charge is 0.248 e. The monoisotopic (exact) mass is 135 g/mol. The second-order valence-corrected chi connectivity index (χ2v) is 2.02. The van der Waals surface area contributed by atoms with E-state index in [1.54, 1.807) is 18.4 Å². The Labute approximate surface area is 56.3 Å². The van der Waals surface area contributed by atoms with Crippen LogP contribution in [-0.2, 0) is 0 Å². The molecule has 10 heavy (non-hydrogen) atoms. The van der Waals surface area contributed by atoms with Crippen LogP contribution in [0.5, 0.6) is 0 Å². The van der Waals surface area contributed by atoms with Crippen molar-refractivity contribution < 1.29 is 4.42 Å². The molecule has 3 heteroatoms. The molecule has 0 bridgehead atoms. The zero-order chi connectivity index (χ0) is 6.97. The van der Waals surface area contributed by atoms with Gasteiger partial charge in [0.2, 0.25) is 5.56 Å². The van der Waals surface area contributed by atoms with E-state index in [-0.39, 0.29) is 5.56 Å². The van der Waals surface area contributed by atoms with Crippen LogP contribution in [0.3, 0.4) is 0 Å². The zero-order valence-corrected chi connectivity index (χ0v) is 5.13. The molecule has 2 heterocycles. The molecule has 3 nitrogen and oxygen atoms in total. The fourth-order valence-corrected chi connectivity index (χ4v) is 0.879. The Balaban J connectivity index is 2.99. The van der Waals surface area contributed by atoms with Crippen LogP contribution in [-0.4, -0.2) is 4.98 Å². The summed E-state index contributed by atoms with van der Waals surface area (Å²) in [5, 5.41) is 0. The van der Waals surface area contributed by atoms with Crippen molar-refractivity contribution in [2.75, 3.05) is 0 Å². The molecule has 0 aliphatic carbocycles. The molecule has 0 radical (unpaired) electrons. The number of pyridine rings is 1. The number of H-pyrrole nitrogens is 1. The largest absolute Gasteiger partial charge is 0.463 e. The first kappa shape index (κ1) is 5.29. The van der Waals surface area contributed by atoms with Crippen LogP contribution in [0.4, 0.5) is 0 Å². The van der Waals surface area contributed by atoms with Crippen molar-refractivity contribution in [2.45, 2.75) is 0 Å². The van der Waals surface area contributed by atoms with Crippen molar-refractivity contribution in [1.82, 2.24) is 4.98 Å². The van der Waals surface area contributed by atoms with Crippen LogP contribution in [0, 0.1) is 0 Å². The lowest BCUT2D eigenvalue weighted by Crippen LogP contribution is -2.00. The highest BCUT2D eigenvalue weighted by Crippen LogP contribution is 2.07. The number of hydrogen-bond acceptors (Lipinski definition) is 2. The number of aromatic amines is 1. The molecular formula is C7H5NO2. The van der Waals surface area contributed by atoms with Crippen LogP contribution in [0.1, 0.15) is 0 Å². The number of hydrogen-bond donors (Lipinski definition) is 1. The van der Waals surface area contributed by atoms with Gasteiger partial charge in [0.25, 0.3) is 0 Å². The van der Waals surface area contributed by atoms with Crippen LogP contribution >= 0.6 is 0 Å². The van der Waals surface area contributed by atoms with Crippen LogP contribution in [0.2, 0.25) is 0 Å². The van der Waals surface area contributed by atoms with Gasteiger partial charge in [0, 0.05) is 12.1 Å². The second kappa shape index (κ2) is 1.73. The van der Waals surface area contributed by atoms with E-state index in [1.807, 2.05) is 0 Å². The van der Waals surface area contributed by atoms with Crippen LogP contribution < -0.4 is 5.56 Å². The van der Waals surface area contributed by atoms with Crippen molar-refractivity contribution in [3.8, 4) is 0 Å². The zero-order valence-electron chi connectivity index (χ0n) is 5.13. The summed E-state index contributed by atoms with van der Waals surface area (Å²) >= 11 is 0. The maximum atomic E-state index is 10.7. The molecule has 0 atom stereocenters. The van der Waals surface area contributed by atoms with Gasteiger partial charge >= 0.3 is 0 Å². The molecule has 2 aromatic heterocycles. The third-order valence-electron chi connectivity index (χ3n) is 1.34. The Kier molecular flexibility index (Phi) is 0.917. The third kappa shape index (κ3) is 0.639. The molecule has 0 aromatic carbocycles. The topological polar surface area (TPSA) is 46.0 Å². The summed E-state index contributed by atoms with van der Waals surface area (Å²) in [7, 11) is 0. The summed E-state index contributed by atoms with van der Waals surface area (Å²) < 4.78 is 5.00. The Morgan fingerprint density at radius 1 is 1.30 bits per heavy atom. The minimum Gasteiger partial charge on any atom is -0.463 e. The van der Waals surface area contributed by atoms with Crippen molar-refractivity contribution in [3.63, 3.8) is 0 Å². The van der Waals surface area contributed by atoms with Crippen molar-refractivity contribution in [3.05, 3.63) is 34.8 Å². The molecule has 2 rings (SSSR count). The summed E-state index contributed by atoms with van der Waals surface area (Å²) in [4.78, 5) is 13.3. The maximum Gasteiger partial charge on any atom is 0.248 e. The lowest BCUT2D eigenvalue weighted by atomic mass is 10.4. The van der Waals surface area contributed by atoms with E-state index in [9.17, 15) is 4.79 Å². The van der Waals surface area contributed by atoms with Gasteiger partial charge in [-0.1, -0.05) is 0 Å². The molecule has 0 aliphatic rings. The molecule has 0 unspecified atom stereocenters. The lowest BCUT2D eigenvalue weighted by molar-refractivity contribution is 0.615. The summed E-state index contributed by atoms with van der Waals surface area (Å²) in [6.07, 6.45) is 1.54. The Hall–Kier alpha value is -1.51. The molecular weight excluding hydrogens is 130 g/mol. The van der Waals surface area contributed by atoms with E-state index in [0.717, 1.165) is 5.52 Å². The van der Waals surface area contributed by atoms with Gasteiger partial charge in [0.05, 0.1) is 11.8 Å². The average molecular weight is 135 g/mol. The number of nitrogens with one attached hydrogen (secondary N) is 1. The molecule has 0 saturated carbocycles. The molecule has 50 valence electrons. The fraction of sp³-hybridized carbons (Fsp3) is 0. The maximum absolute atomic E-state index is 10.7. The lowest BCUT2D eigenvalue weighted by Gasteiger charge is -1.83. The normalized spacial score (nSPS) is 10.4. The highest BCUT2D eigenvalue weighted by atomic mass is 16.3. The Bertz CT molecular complexity index is 399. The average Bonchev–Trinajstić information content (AvgIpc) is 2.33. The molecule has 0 amide bonds. The molecule has 0 aliphatic heterocycles. The van der Waals surface area contributed by atoms with Gasteiger partial charge in [-0.25, -0.2) is 0 Å². The highest BCUT2D eigenvalue weighted by molar-refractivity contribution is 5.71. The standard InChI is InChI=1S/C7H5NO2/c9-7-2-1-6-5(8-7)3-4-10-6/h1-4H,(H,8,9). The van der Waals surface area contributed by atoms with Gasteiger partial charge in [-0.3, -0.25) is 4.79 Å². The fourth-order valence-electron chi connectivity index (χ4n) is 0.879. The van der Waals surface area contributed by atoms with Crippen molar-refractivity contribution in [2.24, 2.45) is 0 Å². The van der Waals surface area contributed by atoms with E-state index in [1.165, 1.54) is 6.07 Å². The van der Waals surface area contributed by atoms with E-state index in [2.05, 4.69) is 4.98 Å². The predicted molar refractivity (Wildman–Crippen MR) is 36.8 cm³/mol. The van der Waals surface area contributed by atoms with Gasteiger partial charge in [-0.15, -0.1) is 0 Å². The number of furan rings is 1.